The molecule has 17 nitrogen and oxygen atoms in total. The van der Waals surface area contributed by atoms with Crippen LogP contribution in [0.25, 0.3) is 0 Å². The van der Waals surface area contributed by atoms with Gasteiger partial charge in [-0.25, -0.2) is 9.13 Å². The van der Waals surface area contributed by atoms with Gasteiger partial charge in [-0.2, -0.15) is 0 Å². The molecule has 0 spiro atoms. The first-order valence-corrected chi connectivity index (χ1v) is 40.6. The summed E-state index contributed by atoms with van der Waals surface area (Å²) in [5.74, 6) is -1.35. The van der Waals surface area contributed by atoms with Crippen molar-refractivity contribution in [2.75, 3.05) is 39.6 Å². The molecule has 0 aromatic carbocycles. The van der Waals surface area contributed by atoms with Gasteiger partial charge in [-0.3, -0.25) is 37.3 Å². The van der Waals surface area contributed by atoms with Gasteiger partial charge in [0.15, 0.2) is 12.2 Å². The highest BCUT2D eigenvalue weighted by Crippen LogP contribution is 2.45. The molecule has 0 aliphatic rings. The summed E-state index contributed by atoms with van der Waals surface area (Å²) in [6.07, 6.45) is 53.3. The standard InChI is InChI=1S/C72H140O17P2/c1-6-9-12-15-17-19-21-22-23-24-25-26-27-28-29-30-35-39-43-48-53-58-72(77)89-68(62-83-70(75)56-51-46-41-38-34-32-31-33-36-40-45-49-54-65(4)5)64-87-91(80,81)85-60-66(73)59-84-90(78,79)86-63-67(61-82-69(74)55-50-44-14-11-8-3)88-71(76)57-52-47-42-37-20-18-16-13-10-7-2/h65-68,73H,6-64H2,1-5H3,(H,78,79)(H,80,81)/t66-,67+,68+/m0/s1. The van der Waals surface area contributed by atoms with E-state index in [9.17, 15) is 43.2 Å². The van der Waals surface area contributed by atoms with Crippen LogP contribution >= 0.6 is 15.6 Å². The monoisotopic (exact) mass is 1340 g/mol. The van der Waals surface area contributed by atoms with Crippen molar-refractivity contribution in [3.63, 3.8) is 0 Å². The first-order chi connectivity index (χ1) is 44.0. The Kier molecular flexibility index (Phi) is 64.0. The van der Waals surface area contributed by atoms with E-state index >= 15 is 0 Å². The highest BCUT2D eigenvalue weighted by Gasteiger charge is 2.30. The maximum Gasteiger partial charge on any atom is 0.472 e. The van der Waals surface area contributed by atoms with Crippen LogP contribution in [0.1, 0.15) is 375 Å². The fraction of sp³-hybridized carbons (Fsp3) is 0.944. The third-order valence-electron chi connectivity index (χ3n) is 16.8. The first-order valence-electron chi connectivity index (χ1n) is 37.6. The number of unbranched alkanes of at least 4 members (excludes halogenated alkanes) is 44. The molecular formula is C72H140O17P2. The number of phosphoric ester groups is 2. The van der Waals surface area contributed by atoms with E-state index in [2.05, 4.69) is 34.6 Å². The van der Waals surface area contributed by atoms with E-state index in [1.54, 1.807) is 0 Å². The second-order valence-electron chi connectivity index (χ2n) is 26.5. The molecular weight excluding hydrogens is 1200 g/mol. The van der Waals surface area contributed by atoms with Gasteiger partial charge in [0.1, 0.15) is 19.3 Å². The maximum atomic E-state index is 13.1. The Bertz CT molecular complexity index is 1750. The highest BCUT2D eigenvalue weighted by molar-refractivity contribution is 7.47. The number of aliphatic hydroxyl groups excluding tert-OH is 1. The van der Waals surface area contributed by atoms with Crippen LogP contribution in [0.3, 0.4) is 0 Å². The topological polar surface area (TPSA) is 237 Å². The Labute approximate surface area is 556 Å². The minimum atomic E-state index is -4.95. The number of phosphoric acid groups is 2. The van der Waals surface area contributed by atoms with Crippen LogP contribution in [0.2, 0.25) is 0 Å². The van der Waals surface area contributed by atoms with Crippen LogP contribution in [0.15, 0.2) is 0 Å². The molecule has 0 heterocycles. The zero-order chi connectivity index (χ0) is 67.0. The number of ether oxygens (including phenoxy) is 4. The summed E-state index contributed by atoms with van der Waals surface area (Å²) >= 11 is 0. The second-order valence-corrected chi connectivity index (χ2v) is 29.4. The zero-order valence-electron chi connectivity index (χ0n) is 59.0. The number of esters is 4. The highest BCUT2D eigenvalue weighted by atomic mass is 31.2. The van der Waals surface area contributed by atoms with Crippen LogP contribution < -0.4 is 0 Å². The molecule has 0 rings (SSSR count). The number of hydrogen-bond acceptors (Lipinski definition) is 15. The summed E-state index contributed by atoms with van der Waals surface area (Å²) in [4.78, 5) is 72.3. The van der Waals surface area contributed by atoms with Gasteiger partial charge in [-0.05, 0) is 31.6 Å². The van der Waals surface area contributed by atoms with Gasteiger partial charge in [0, 0.05) is 25.7 Å². The Balaban J connectivity index is 5.11. The smallest absolute Gasteiger partial charge is 0.462 e. The summed E-state index contributed by atoms with van der Waals surface area (Å²) in [7, 11) is -9.89. The molecule has 3 N–H and O–H groups in total. The second kappa shape index (κ2) is 65.4. The van der Waals surface area contributed by atoms with Crippen molar-refractivity contribution in [3.05, 3.63) is 0 Å². The molecule has 91 heavy (non-hydrogen) atoms. The van der Waals surface area contributed by atoms with E-state index in [0.717, 1.165) is 102 Å². The number of carbonyl (C=O) groups excluding carboxylic acids is 4. The predicted molar refractivity (Wildman–Crippen MR) is 368 cm³/mol. The molecule has 0 aliphatic carbocycles. The summed E-state index contributed by atoms with van der Waals surface area (Å²) in [6.45, 7) is 7.17. The number of carbonyl (C=O) groups is 4. The van der Waals surface area contributed by atoms with Gasteiger partial charge in [0.2, 0.25) is 0 Å². The predicted octanol–water partition coefficient (Wildman–Crippen LogP) is 20.9. The molecule has 0 amide bonds. The van der Waals surface area contributed by atoms with E-state index in [0.29, 0.717) is 25.7 Å². The molecule has 540 valence electrons. The lowest BCUT2D eigenvalue weighted by Crippen LogP contribution is -2.30. The van der Waals surface area contributed by atoms with Crippen molar-refractivity contribution in [3.8, 4) is 0 Å². The fourth-order valence-corrected chi connectivity index (χ4v) is 12.6. The van der Waals surface area contributed by atoms with Gasteiger partial charge >= 0.3 is 39.5 Å². The van der Waals surface area contributed by atoms with Crippen molar-refractivity contribution in [1.29, 1.82) is 0 Å². The van der Waals surface area contributed by atoms with Crippen LogP contribution in [-0.2, 0) is 65.4 Å². The van der Waals surface area contributed by atoms with Gasteiger partial charge in [-0.15, -0.1) is 0 Å². The Morgan fingerprint density at radius 3 is 0.747 bits per heavy atom. The van der Waals surface area contributed by atoms with E-state index in [1.807, 2.05) is 0 Å². The molecule has 2 unspecified atom stereocenters. The fourth-order valence-electron chi connectivity index (χ4n) is 11.0. The molecule has 0 radical (unpaired) electrons. The lowest BCUT2D eigenvalue weighted by molar-refractivity contribution is -0.161. The van der Waals surface area contributed by atoms with E-state index < -0.39 is 97.5 Å². The minimum Gasteiger partial charge on any atom is -0.462 e. The molecule has 5 atom stereocenters. The number of rotatable bonds is 72. The van der Waals surface area contributed by atoms with Crippen LogP contribution in [0.5, 0.6) is 0 Å². The van der Waals surface area contributed by atoms with Crippen molar-refractivity contribution < 1.29 is 80.2 Å². The summed E-state index contributed by atoms with van der Waals surface area (Å²) in [5, 5.41) is 10.6. The summed E-state index contributed by atoms with van der Waals surface area (Å²) in [5.41, 5.74) is 0. The number of aliphatic hydroxyl groups is 1. The van der Waals surface area contributed by atoms with Gasteiger partial charge in [0.05, 0.1) is 26.4 Å². The minimum absolute atomic E-state index is 0.106. The molecule has 0 aromatic rings. The molecule has 0 aromatic heterocycles. The number of hydrogen-bond donors (Lipinski definition) is 3. The maximum absolute atomic E-state index is 13.1. The van der Waals surface area contributed by atoms with E-state index in [1.165, 1.54) is 193 Å². The zero-order valence-corrected chi connectivity index (χ0v) is 60.8. The SMILES string of the molecule is CCCCCCCCCCCCCCCCCCCCCCCC(=O)O[C@H](COC(=O)CCCCCCCCCCCCCCC(C)C)COP(=O)(O)OC[C@@H](O)COP(=O)(O)OC[C@@H](COC(=O)CCCCCCC)OC(=O)CCCCCCCCCCCC. The van der Waals surface area contributed by atoms with Crippen molar-refractivity contribution in [2.45, 2.75) is 393 Å². The molecule has 0 fully saturated rings. The molecule has 19 heteroatoms. The summed E-state index contributed by atoms with van der Waals surface area (Å²) < 4.78 is 68.1. The Hall–Kier alpha value is -1.94. The lowest BCUT2D eigenvalue weighted by Gasteiger charge is -2.21. The van der Waals surface area contributed by atoms with Crippen LogP contribution in [0.4, 0.5) is 0 Å². The molecule has 0 aliphatic heterocycles. The van der Waals surface area contributed by atoms with E-state index in [-0.39, 0.29) is 25.7 Å². The average molecular weight is 1340 g/mol. The first kappa shape index (κ1) is 89.1. The van der Waals surface area contributed by atoms with Gasteiger partial charge in [0.25, 0.3) is 0 Å². The van der Waals surface area contributed by atoms with Crippen molar-refractivity contribution in [2.24, 2.45) is 5.92 Å². The van der Waals surface area contributed by atoms with Crippen LogP contribution in [-0.4, -0.2) is 96.7 Å². The molecule has 0 bridgehead atoms. The van der Waals surface area contributed by atoms with Gasteiger partial charge in [-0.1, -0.05) is 324 Å². The summed E-state index contributed by atoms with van der Waals surface area (Å²) in [6, 6.07) is 0. The largest absolute Gasteiger partial charge is 0.472 e. The van der Waals surface area contributed by atoms with Crippen molar-refractivity contribution >= 4 is 39.5 Å². The normalized spacial score (nSPS) is 14.0. The Morgan fingerprint density at radius 1 is 0.297 bits per heavy atom. The average Bonchev–Trinajstić information content (AvgIpc) is 3.50. The van der Waals surface area contributed by atoms with E-state index in [4.69, 9.17) is 37.0 Å². The third-order valence-corrected chi connectivity index (χ3v) is 18.7. The third kappa shape index (κ3) is 66.5. The quantitative estimate of drug-likeness (QED) is 0.0222. The van der Waals surface area contributed by atoms with Crippen LogP contribution in [0, 0.1) is 5.92 Å². The Morgan fingerprint density at radius 2 is 0.505 bits per heavy atom. The van der Waals surface area contributed by atoms with Gasteiger partial charge < -0.3 is 33.8 Å². The lowest BCUT2D eigenvalue weighted by atomic mass is 10.0. The molecule has 0 saturated carbocycles. The van der Waals surface area contributed by atoms with Crippen molar-refractivity contribution in [1.82, 2.24) is 0 Å². The molecule has 0 saturated heterocycles.